The summed E-state index contributed by atoms with van der Waals surface area (Å²) < 4.78 is 0. The Balaban J connectivity index is 3.74. The first-order chi connectivity index (χ1) is 4.57. The number of hydrogen-bond acceptors (Lipinski definition) is 2. The number of amides is 1. The van der Waals surface area contributed by atoms with Gasteiger partial charge in [-0.15, -0.1) is 0 Å². The highest BCUT2D eigenvalue weighted by Crippen LogP contribution is 2.07. The summed E-state index contributed by atoms with van der Waals surface area (Å²) in [6, 6.07) is 0. The Morgan fingerprint density at radius 2 is 2.20 bits per heavy atom. The lowest BCUT2D eigenvalue weighted by atomic mass is 10.0. The molecule has 1 radical (unpaired) electrons. The molecule has 0 rings (SSSR count). The van der Waals surface area contributed by atoms with Crippen molar-refractivity contribution in [2.45, 2.75) is 20.3 Å². The van der Waals surface area contributed by atoms with Crippen LogP contribution in [0.1, 0.15) is 20.3 Å². The van der Waals surface area contributed by atoms with Crippen molar-refractivity contribution in [2.24, 2.45) is 5.92 Å². The van der Waals surface area contributed by atoms with Crippen molar-refractivity contribution >= 4 is 5.91 Å². The van der Waals surface area contributed by atoms with E-state index in [1.807, 2.05) is 13.8 Å². The summed E-state index contributed by atoms with van der Waals surface area (Å²) in [5, 5.41) is 8.03. The van der Waals surface area contributed by atoms with Crippen LogP contribution in [-0.4, -0.2) is 11.1 Å². The van der Waals surface area contributed by atoms with Gasteiger partial charge >= 0.3 is 0 Å². The van der Waals surface area contributed by atoms with E-state index in [-0.39, 0.29) is 0 Å². The highest BCUT2D eigenvalue weighted by atomic mass is 16.5. The van der Waals surface area contributed by atoms with Crippen molar-refractivity contribution < 1.29 is 10.0 Å². The van der Waals surface area contributed by atoms with E-state index < -0.39 is 5.91 Å². The predicted octanol–water partition coefficient (Wildman–Crippen LogP) is 1.11. The summed E-state index contributed by atoms with van der Waals surface area (Å²) in [6.07, 6.45) is 0.586. The molecule has 3 nitrogen and oxygen atoms in total. The highest BCUT2D eigenvalue weighted by Gasteiger charge is 2.07. The molecule has 0 aliphatic rings. The number of hydrogen-bond donors (Lipinski definition) is 1. The van der Waals surface area contributed by atoms with E-state index >= 15 is 0 Å². The molecule has 0 atom stereocenters. The molecule has 57 valence electrons. The molecular formula is C7H12NO2. The Labute approximate surface area is 60.7 Å². The van der Waals surface area contributed by atoms with Crippen LogP contribution in [-0.2, 0) is 4.79 Å². The topological polar surface area (TPSA) is 51.4 Å². The van der Waals surface area contributed by atoms with E-state index in [0.29, 0.717) is 17.9 Å². The fourth-order valence-electron chi connectivity index (χ4n) is 0.651. The maximum atomic E-state index is 10.5. The molecule has 0 unspecified atom stereocenters. The van der Waals surface area contributed by atoms with Crippen molar-refractivity contribution in [1.82, 2.24) is 5.48 Å². The zero-order chi connectivity index (χ0) is 8.15. The van der Waals surface area contributed by atoms with Gasteiger partial charge in [0.15, 0.2) is 0 Å². The fraction of sp³-hybridized carbons (Fsp3) is 0.571. The monoisotopic (exact) mass is 142 g/mol. The van der Waals surface area contributed by atoms with E-state index in [2.05, 4.69) is 12.1 Å². The standard InChI is InChI=1S/C7H12NO2/c1-5(2)4-6(3)7(9)8-10/h5,10H,3-4H2,1-2H3. The molecule has 0 saturated heterocycles. The summed E-state index contributed by atoms with van der Waals surface area (Å²) in [4.78, 5) is 10.5. The summed E-state index contributed by atoms with van der Waals surface area (Å²) in [5.74, 6) is -0.244. The van der Waals surface area contributed by atoms with Crippen molar-refractivity contribution in [1.29, 1.82) is 0 Å². The minimum atomic E-state index is -0.617. The molecule has 0 aliphatic carbocycles. The van der Waals surface area contributed by atoms with Gasteiger partial charge in [0.2, 0.25) is 0 Å². The van der Waals surface area contributed by atoms with Gasteiger partial charge in [-0.1, -0.05) is 25.9 Å². The van der Waals surface area contributed by atoms with Crippen LogP contribution in [0.2, 0.25) is 0 Å². The summed E-state index contributed by atoms with van der Waals surface area (Å²) in [5.41, 5.74) is 2.86. The highest BCUT2D eigenvalue weighted by molar-refractivity contribution is 5.91. The number of hydroxylamine groups is 1. The third-order valence-electron chi connectivity index (χ3n) is 1.05. The van der Waals surface area contributed by atoms with Crippen LogP contribution >= 0.6 is 0 Å². The first-order valence-electron chi connectivity index (χ1n) is 3.15. The third-order valence-corrected chi connectivity index (χ3v) is 1.05. The zero-order valence-electron chi connectivity index (χ0n) is 6.29. The molecule has 0 aromatic carbocycles. The lowest BCUT2D eigenvalue weighted by Crippen LogP contribution is -2.14. The van der Waals surface area contributed by atoms with Gasteiger partial charge in [0.25, 0.3) is 5.91 Å². The van der Waals surface area contributed by atoms with Crippen molar-refractivity contribution in [3.63, 3.8) is 0 Å². The molecule has 0 saturated carbocycles. The first kappa shape index (κ1) is 9.17. The Morgan fingerprint density at radius 3 is 2.50 bits per heavy atom. The quantitative estimate of drug-likeness (QED) is 0.364. The normalized spacial score (nSPS) is 9.60. The molecule has 0 bridgehead atoms. The smallest absolute Gasteiger partial charge is 0.265 e. The van der Waals surface area contributed by atoms with E-state index in [4.69, 9.17) is 5.21 Å². The average molecular weight is 142 g/mol. The second kappa shape index (κ2) is 4.06. The Kier molecular flexibility index (Phi) is 3.72. The zero-order valence-corrected chi connectivity index (χ0v) is 6.29. The van der Waals surface area contributed by atoms with Crippen LogP contribution in [0, 0.1) is 5.92 Å². The van der Waals surface area contributed by atoms with Gasteiger partial charge in [-0.2, -0.15) is 0 Å². The van der Waals surface area contributed by atoms with E-state index in [9.17, 15) is 4.79 Å². The Morgan fingerprint density at radius 1 is 1.70 bits per heavy atom. The molecule has 1 amide bonds. The number of rotatable bonds is 3. The number of nitrogens with zero attached hydrogens (tertiary/aromatic N) is 1. The van der Waals surface area contributed by atoms with Crippen molar-refractivity contribution in [3.05, 3.63) is 12.2 Å². The molecule has 0 fully saturated rings. The second-order valence-corrected chi connectivity index (χ2v) is 2.61. The molecule has 1 N–H and O–H groups in total. The largest absolute Gasteiger partial charge is 0.295 e. The molecule has 0 heterocycles. The third kappa shape index (κ3) is 3.25. The molecule has 3 heteroatoms. The summed E-state index contributed by atoms with van der Waals surface area (Å²) >= 11 is 0. The SMILES string of the molecule is C=C(CC(C)C)C(=O)[N]O. The number of carbonyl (C=O) groups excluding carboxylic acids is 1. The van der Waals surface area contributed by atoms with E-state index in [1.165, 1.54) is 0 Å². The van der Waals surface area contributed by atoms with Crippen LogP contribution in [0.15, 0.2) is 12.2 Å². The maximum absolute atomic E-state index is 10.5. The van der Waals surface area contributed by atoms with E-state index in [0.717, 1.165) is 0 Å². The van der Waals surface area contributed by atoms with Gasteiger partial charge in [0.05, 0.1) is 0 Å². The molecule has 0 aromatic heterocycles. The van der Waals surface area contributed by atoms with Crippen molar-refractivity contribution in [3.8, 4) is 0 Å². The minimum Gasteiger partial charge on any atom is -0.265 e. The molecular weight excluding hydrogens is 130 g/mol. The Bertz CT molecular complexity index is 141. The molecule has 0 spiro atoms. The lowest BCUT2D eigenvalue weighted by molar-refractivity contribution is -0.126. The van der Waals surface area contributed by atoms with Crippen LogP contribution in [0.25, 0.3) is 0 Å². The van der Waals surface area contributed by atoms with Crippen LogP contribution < -0.4 is 5.48 Å². The van der Waals surface area contributed by atoms with Crippen LogP contribution in [0.4, 0.5) is 0 Å². The van der Waals surface area contributed by atoms with Gasteiger partial charge < -0.3 is 0 Å². The average Bonchev–Trinajstić information content (AvgIpc) is 1.85. The summed E-state index contributed by atoms with van der Waals surface area (Å²) in [7, 11) is 0. The molecule has 0 aromatic rings. The summed E-state index contributed by atoms with van der Waals surface area (Å²) in [6.45, 7) is 7.40. The van der Waals surface area contributed by atoms with Crippen molar-refractivity contribution in [2.75, 3.05) is 0 Å². The van der Waals surface area contributed by atoms with Gasteiger partial charge in [-0.25, -0.2) is 0 Å². The van der Waals surface area contributed by atoms with Crippen LogP contribution in [0.3, 0.4) is 0 Å². The molecule has 10 heavy (non-hydrogen) atoms. The maximum Gasteiger partial charge on any atom is 0.295 e. The van der Waals surface area contributed by atoms with Gasteiger partial charge in [-0.05, 0) is 12.3 Å². The van der Waals surface area contributed by atoms with Gasteiger partial charge in [-0.3, -0.25) is 10.0 Å². The number of carbonyl (C=O) groups is 1. The fourth-order valence-corrected chi connectivity index (χ4v) is 0.651. The van der Waals surface area contributed by atoms with Crippen LogP contribution in [0.5, 0.6) is 0 Å². The first-order valence-corrected chi connectivity index (χ1v) is 3.15. The van der Waals surface area contributed by atoms with Gasteiger partial charge in [0.1, 0.15) is 0 Å². The van der Waals surface area contributed by atoms with Gasteiger partial charge in [0, 0.05) is 5.57 Å². The van der Waals surface area contributed by atoms with E-state index in [1.54, 1.807) is 0 Å². The Hall–Kier alpha value is -0.830. The molecule has 0 aliphatic heterocycles. The predicted molar refractivity (Wildman–Crippen MR) is 37.5 cm³/mol. The lowest BCUT2D eigenvalue weighted by Gasteiger charge is -2.03. The second-order valence-electron chi connectivity index (χ2n) is 2.61. The minimum absolute atomic E-state index is 0.359.